The Balaban J connectivity index is 2.31. The highest BCUT2D eigenvalue weighted by atomic mass is 16.5. The molecule has 1 rings (SSSR count). The first kappa shape index (κ1) is 17.2. The Hall–Kier alpha value is -0.810. The molecule has 118 valence electrons. The van der Waals surface area contributed by atoms with Crippen LogP contribution in [-0.2, 0) is 4.74 Å². The zero-order valence-electron chi connectivity index (χ0n) is 13.9. The maximum absolute atomic E-state index is 5.25. The predicted molar refractivity (Wildman–Crippen MR) is 85.3 cm³/mol. The summed E-state index contributed by atoms with van der Waals surface area (Å²) in [6.07, 6.45) is 2.39. The molecule has 0 saturated carbocycles. The quantitative estimate of drug-likeness (QED) is 0.564. The molecule has 2 atom stereocenters. The van der Waals surface area contributed by atoms with Crippen LogP contribution in [0.25, 0.3) is 0 Å². The van der Waals surface area contributed by atoms with Crippen molar-refractivity contribution in [3.8, 4) is 0 Å². The van der Waals surface area contributed by atoms with Crippen molar-refractivity contribution in [2.24, 2.45) is 10.9 Å². The van der Waals surface area contributed by atoms with Gasteiger partial charge in [-0.15, -0.1) is 0 Å². The lowest BCUT2D eigenvalue weighted by molar-refractivity contribution is 0.157. The number of nitrogens with one attached hydrogen (secondary N) is 1. The minimum Gasteiger partial charge on any atom is -0.384 e. The zero-order chi connectivity index (χ0) is 15.0. The van der Waals surface area contributed by atoms with E-state index in [-0.39, 0.29) is 0 Å². The van der Waals surface area contributed by atoms with Crippen LogP contribution in [0, 0.1) is 5.92 Å². The third-order valence-electron chi connectivity index (χ3n) is 4.29. The number of methoxy groups -OCH3 is 1. The minimum absolute atomic E-state index is 0.636. The smallest absolute Gasteiger partial charge is 0.193 e. The average Bonchev–Trinajstić information content (AvgIpc) is 2.91. The molecule has 1 saturated heterocycles. The van der Waals surface area contributed by atoms with Crippen molar-refractivity contribution in [2.45, 2.75) is 32.7 Å². The van der Waals surface area contributed by atoms with Crippen LogP contribution in [-0.4, -0.2) is 75.8 Å². The van der Waals surface area contributed by atoms with E-state index in [9.17, 15) is 0 Å². The van der Waals surface area contributed by atoms with Gasteiger partial charge in [0.25, 0.3) is 0 Å². The first-order valence-electron chi connectivity index (χ1n) is 7.77. The molecule has 0 radical (unpaired) electrons. The Morgan fingerprint density at radius 1 is 1.55 bits per heavy atom. The van der Waals surface area contributed by atoms with E-state index in [0.717, 1.165) is 38.7 Å². The first-order valence-corrected chi connectivity index (χ1v) is 7.77. The van der Waals surface area contributed by atoms with Crippen molar-refractivity contribution in [1.29, 1.82) is 0 Å². The molecule has 1 aliphatic heterocycles. The standard InChI is InChI=1S/C15H32N4O/c1-6-13(2)18(4)10-8-17-15(16-3)19-9-7-14(11-19)12-20-5/h13-14H,6-12H2,1-5H3,(H,16,17). The number of nitrogens with zero attached hydrogens (tertiary/aromatic N) is 3. The molecule has 1 heterocycles. The Bertz CT molecular complexity index is 296. The fraction of sp³-hybridized carbons (Fsp3) is 0.933. The summed E-state index contributed by atoms with van der Waals surface area (Å²) in [7, 11) is 5.83. The van der Waals surface area contributed by atoms with E-state index in [4.69, 9.17) is 4.74 Å². The normalized spacial score (nSPS) is 21.6. The molecule has 2 unspecified atom stereocenters. The zero-order valence-corrected chi connectivity index (χ0v) is 13.9. The van der Waals surface area contributed by atoms with Crippen molar-refractivity contribution < 1.29 is 4.74 Å². The summed E-state index contributed by atoms with van der Waals surface area (Å²) in [5, 5.41) is 3.48. The summed E-state index contributed by atoms with van der Waals surface area (Å²) >= 11 is 0. The van der Waals surface area contributed by atoms with Gasteiger partial charge in [0, 0.05) is 52.3 Å². The average molecular weight is 284 g/mol. The van der Waals surface area contributed by atoms with E-state index in [1.165, 1.54) is 12.8 Å². The van der Waals surface area contributed by atoms with E-state index < -0.39 is 0 Å². The fourth-order valence-electron chi connectivity index (χ4n) is 2.61. The Morgan fingerprint density at radius 2 is 2.30 bits per heavy atom. The Kier molecular flexibility index (Phi) is 7.92. The summed E-state index contributed by atoms with van der Waals surface area (Å²) < 4.78 is 5.25. The Morgan fingerprint density at radius 3 is 2.90 bits per heavy atom. The molecule has 0 amide bonds. The largest absolute Gasteiger partial charge is 0.384 e. The molecule has 5 heteroatoms. The molecule has 1 aliphatic rings. The van der Waals surface area contributed by atoms with Crippen molar-refractivity contribution in [1.82, 2.24) is 15.1 Å². The third kappa shape index (κ3) is 5.29. The number of likely N-dealkylation sites (tertiary alicyclic amines) is 1. The van der Waals surface area contributed by atoms with Gasteiger partial charge in [-0.2, -0.15) is 0 Å². The predicted octanol–water partition coefficient (Wildman–Crippen LogP) is 1.26. The van der Waals surface area contributed by atoms with E-state index in [0.29, 0.717) is 12.0 Å². The van der Waals surface area contributed by atoms with Crippen LogP contribution in [0.15, 0.2) is 4.99 Å². The minimum atomic E-state index is 0.636. The second-order valence-corrected chi connectivity index (χ2v) is 5.77. The lowest BCUT2D eigenvalue weighted by Gasteiger charge is -2.26. The Labute approximate surface area is 124 Å². The van der Waals surface area contributed by atoms with Gasteiger partial charge in [-0.25, -0.2) is 0 Å². The molecule has 0 aromatic rings. The number of likely N-dealkylation sites (N-methyl/N-ethyl adjacent to an activating group) is 1. The van der Waals surface area contributed by atoms with Crippen LogP contribution in [0.5, 0.6) is 0 Å². The summed E-state index contributed by atoms with van der Waals surface area (Å²) in [6.45, 7) is 9.47. The van der Waals surface area contributed by atoms with E-state index in [1.807, 2.05) is 7.05 Å². The summed E-state index contributed by atoms with van der Waals surface area (Å²) in [4.78, 5) is 9.13. The monoisotopic (exact) mass is 284 g/mol. The number of hydrogen-bond acceptors (Lipinski definition) is 3. The summed E-state index contributed by atoms with van der Waals surface area (Å²) in [5.41, 5.74) is 0. The van der Waals surface area contributed by atoms with Gasteiger partial charge in [0.05, 0.1) is 6.61 Å². The molecule has 1 N–H and O–H groups in total. The van der Waals surface area contributed by atoms with Crippen LogP contribution in [0.3, 0.4) is 0 Å². The second-order valence-electron chi connectivity index (χ2n) is 5.77. The lowest BCUT2D eigenvalue weighted by Crippen LogP contribution is -2.44. The molecule has 0 bridgehead atoms. The van der Waals surface area contributed by atoms with E-state index in [1.54, 1.807) is 7.11 Å². The van der Waals surface area contributed by atoms with Gasteiger partial charge in [0.15, 0.2) is 5.96 Å². The van der Waals surface area contributed by atoms with Gasteiger partial charge in [0.2, 0.25) is 0 Å². The van der Waals surface area contributed by atoms with E-state index in [2.05, 4.69) is 41.0 Å². The molecule has 1 fully saturated rings. The van der Waals surface area contributed by atoms with Crippen molar-refractivity contribution in [3.63, 3.8) is 0 Å². The first-order chi connectivity index (χ1) is 9.62. The van der Waals surface area contributed by atoms with Crippen molar-refractivity contribution >= 4 is 5.96 Å². The lowest BCUT2D eigenvalue weighted by atomic mass is 10.1. The molecule has 0 aromatic carbocycles. The van der Waals surface area contributed by atoms with Gasteiger partial charge in [-0.3, -0.25) is 4.99 Å². The van der Waals surface area contributed by atoms with Gasteiger partial charge in [0.1, 0.15) is 0 Å². The van der Waals surface area contributed by atoms with E-state index >= 15 is 0 Å². The number of ether oxygens (including phenoxy) is 1. The van der Waals surface area contributed by atoms with Gasteiger partial charge in [-0.1, -0.05) is 6.92 Å². The summed E-state index contributed by atoms with van der Waals surface area (Å²) in [5.74, 6) is 1.67. The third-order valence-corrected chi connectivity index (χ3v) is 4.29. The fourth-order valence-corrected chi connectivity index (χ4v) is 2.61. The van der Waals surface area contributed by atoms with Crippen LogP contribution >= 0.6 is 0 Å². The molecule has 0 aromatic heterocycles. The number of guanidine groups is 1. The molecule has 20 heavy (non-hydrogen) atoms. The van der Waals surface area contributed by atoms with Crippen LogP contribution in [0.4, 0.5) is 0 Å². The SMILES string of the molecule is CCC(C)N(C)CCNC(=NC)N1CCC(COC)C1. The maximum Gasteiger partial charge on any atom is 0.193 e. The van der Waals surface area contributed by atoms with Crippen LogP contribution in [0.2, 0.25) is 0 Å². The number of rotatable bonds is 7. The van der Waals surface area contributed by atoms with Gasteiger partial charge < -0.3 is 19.9 Å². The highest BCUT2D eigenvalue weighted by Gasteiger charge is 2.24. The number of hydrogen-bond donors (Lipinski definition) is 1. The highest BCUT2D eigenvalue weighted by Crippen LogP contribution is 2.16. The van der Waals surface area contributed by atoms with Crippen molar-refractivity contribution in [3.05, 3.63) is 0 Å². The summed E-state index contributed by atoms with van der Waals surface area (Å²) in [6, 6.07) is 0.636. The van der Waals surface area contributed by atoms with Gasteiger partial charge in [-0.05, 0) is 26.8 Å². The number of aliphatic imine (C=N–C) groups is 1. The molecule has 0 spiro atoms. The van der Waals surface area contributed by atoms with Crippen LogP contribution < -0.4 is 5.32 Å². The molecule has 0 aliphatic carbocycles. The molecular weight excluding hydrogens is 252 g/mol. The van der Waals surface area contributed by atoms with Gasteiger partial charge >= 0.3 is 0 Å². The maximum atomic E-state index is 5.25. The van der Waals surface area contributed by atoms with Crippen LogP contribution in [0.1, 0.15) is 26.7 Å². The molecular formula is C15H32N4O. The van der Waals surface area contributed by atoms with Crippen molar-refractivity contribution in [2.75, 3.05) is 54.0 Å². The topological polar surface area (TPSA) is 40.1 Å². The highest BCUT2D eigenvalue weighted by molar-refractivity contribution is 5.80. The molecule has 5 nitrogen and oxygen atoms in total. The second kappa shape index (κ2) is 9.19.